The van der Waals surface area contributed by atoms with Crippen LogP contribution in [0.3, 0.4) is 0 Å². The number of halogens is 2. The standard InChI is InChI=1S/C33H34F2/c1-3-5-7-9-11-30-24-25-31(33(35)32(30)34)23-22-29-20-18-28(19-21-29)17-16-27-14-12-26(13-15-27)10-8-6-4-2/h12-15,18-21,24-25H,3-11H2,1-2H3. The average molecular weight is 469 g/mol. The van der Waals surface area contributed by atoms with Crippen molar-refractivity contribution in [1.82, 2.24) is 0 Å². The highest BCUT2D eigenvalue weighted by atomic mass is 19.2. The topological polar surface area (TPSA) is 0 Å². The van der Waals surface area contributed by atoms with Gasteiger partial charge >= 0.3 is 0 Å². The lowest BCUT2D eigenvalue weighted by atomic mass is 10.0. The molecule has 0 saturated heterocycles. The highest BCUT2D eigenvalue weighted by Gasteiger charge is 2.11. The Morgan fingerprint density at radius 3 is 1.63 bits per heavy atom. The van der Waals surface area contributed by atoms with E-state index in [1.54, 1.807) is 12.1 Å². The van der Waals surface area contributed by atoms with Crippen molar-refractivity contribution in [3.05, 3.63) is 106 Å². The van der Waals surface area contributed by atoms with Gasteiger partial charge in [0.15, 0.2) is 11.6 Å². The fourth-order valence-corrected chi connectivity index (χ4v) is 3.88. The lowest BCUT2D eigenvalue weighted by Gasteiger charge is -2.05. The van der Waals surface area contributed by atoms with Crippen LogP contribution in [0.4, 0.5) is 8.78 Å². The van der Waals surface area contributed by atoms with E-state index in [9.17, 15) is 8.78 Å². The van der Waals surface area contributed by atoms with Crippen molar-refractivity contribution in [2.45, 2.75) is 71.6 Å². The summed E-state index contributed by atoms with van der Waals surface area (Å²) in [5.41, 5.74) is 4.46. The quantitative estimate of drug-likeness (QED) is 0.218. The van der Waals surface area contributed by atoms with Crippen LogP contribution in [0.5, 0.6) is 0 Å². The van der Waals surface area contributed by atoms with Crippen LogP contribution >= 0.6 is 0 Å². The molecule has 0 aliphatic rings. The number of aryl methyl sites for hydroxylation is 2. The van der Waals surface area contributed by atoms with E-state index < -0.39 is 11.6 Å². The van der Waals surface area contributed by atoms with Crippen molar-refractivity contribution < 1.29 is 8.78 Å². The van der Waals surface area contributed by atoms with E-state index in [4.69, 9.17) is 0 Å². The molecule has 0 radical (unpaired) electrons. The molecule has 0 amide bonds. The Morgan fingerprint density at radius 2 is 1.03 bits per heavy atom. The van der Waals surface area contributed by atoms with Gasteiger partial charge in [-0.15, -0.1) is 0 Å². The second kappa shape index (κ2) is 14.1. The molecule has 0 aliphatic carbocycles. The minimum absolute atomic E-state index is 0.0850. The number of rotatable bonds is 9. The summed E-state index contributed by atoms with van der Waals surface area (Å²) in [5, 5.41) is 0. The maximum atomic E-state index is 14.5. The fourth-order valence-electron chi connectivity index (χ4n) is 3.88. The van der Waals surface area contributed by atoms with Crippen molar-refractivity contribution in [1.29, 1.82) is 0 Å². The van der Waals surface area contributed by atoms with Crippen LogP contribution in [0, 0.1) is 35.3 Å². The van der Waals surface area contributed by atoms with E-state index in [0.717, 1.165) is 48.8 Å². The predicted octanol–water partition coefficient (Wildman–Crippen LogP) is 8.62. The van der Waals surface area contributed by atoms with Gasteiger partial charge in [-0.05, 0) is 79.3 Å². The predicted molar refractivity (Wildman–Crippen MR) is 142 cm³/mol. The van der Waals surface area contributed by atoms with Crippen LogP contribution in [0.15, 0.2) is 60.7 Å². The first-order valence-electron chi connectivity index (χ1n) is 12.8. The minimum Gasteiger partial charge on any atom is -0.203 e. The average Bonchev–Trinajstić information content (AvgIpc) is 2.89. The van der Waals surface area contributed by atoms with E-state index in [1.807, 2.05) is 24.3 Å². The van der Waals surface area contributed by atoms with Crippen molar-refractivity contribution in [2.75, 3.05) is 0 Å². The maximum absolute atomic E-state index is 14.5. The lowest BCUT2D eigenvalue weighted by molar-refractivity contribution is 0.493. The van der Waals surface area contributed by atoms with E-state index in [-0.39, 0.29) is 5.56 Å². The summed E-state index contributed by atoms with van der Waals surface area (Å²) in [7, 11) is 0. The number of hydrogen-bond acceptors (Lipinski definition) is 0. The Hall–Kier alpha value is -3.36. The zero-order chi connectivity index (χ0) is 24.9. The summed E-state index contributed by atoms with van der Waals surface area (Å²) in [5.74, 6) is 10.4. The molecule has 0 heterocycles. The van der Waals surface area contributed by atoms with Crippen molar-refractivity contribution in [3.63, 3.8) is 0 Å². The Bertz CT molecular complexity index is 1200. The summed E-state index contributed by atoms with van der Waals surface area (Å²) < 4.78 is 28.9. The van der Waals surface area contributed by atoms with Gasteiger partial charge in [0.25, 0.3) is 0 Å². The van der Waals surface area contributed by atoms with Crippen molar-refractivity contribution in [2.24, 2.45) is 0 Å². The first-order valence-corrected chi connectivity index (χ1v) is 12.8. The van der Waals surface area contributed by atoms with Crippen LogP contribution in [0.1, 0.15) is 92.2 Å². The third kappa shape index (κ3) is 8.42. The van der Waals surface area contributed by atoms with E-state index in [1.165, 1.54) is 24.8 Å². The van der Waals surface area contributed by atoms with Crippen LogP contribution in [0.2, 0.25) is 0 Å². The zero-order valence-corrected chi connectivity index (χ0v) is 20.9. The normalized spacial score (nSPS) is 10.3. The van der Waals surface area contributed by atoms with Gasteiger partial charge in [-0.1, -0.05) is 87.8 Å². The molecule has 3 rings (SSSR count). The Labute approximate surface area is 209 Å². The number of unbranched alkanes of at least 4 members (excludes halogenated alkanes) is 5. The summed E-state index contributed by atoms with van der Waals surface area (Å²) in [4.78, 5) is 0. The van der Waals surface area contributed by atoms with Crippen LogP contribution in [-0.2, 0) is 12.8 Å². The highest BCUT2D eigenvalue weighted by molar-refractivity contribution is 5.48. The molecule has 0 nitrogen and oxygen atoms in total. The lowest BCUT2D eigenvalue weighted by Crippen LogP contribution is -1.98. The highest BCUT2D eigenvalue weighted by Crippen LogP contribution is 2.18. The first kappa shape index (κ1) is 26.2. The Balaban J connectivity index is 1.61. The van der Waals surface area contributed by atoms with Crippen LogP contribution < -0.4 is 0 Å². The first-order chi connectivity index (χ1) is 17.1. The third-order valence-corrected chi connectivity index (χ3v) is 6.06. The van der Waals surface area contributed by atoms with E-state index in [0.29, 0.717) is 12.0 Å². The Morgan fingerprint density at radius 1 is 0.514 bits per heavy atom. The van der Waals surface area contributed by atoms with Crippen molar-refractivity contribution >= 4 is 0 Å². The molecule has 0 N–H and O–H groups in total. The maximum Gasteiger partial charge on any atom is 0.174 e. The molecule has 0 fully saturated rings. The molecule has 0 aromatic heterocycles. The molecule has 3 aromatic carbocycles. The smallest absolute Gasteiger partial charge is 0.174 e. The van der Waals surface area contributed by atoms with E-state index >= 15 is 0 Å². The summed E-state index contributed by atoms with van der Waals surface area (Å²) >= 11 is 0. The van der Waals surface area contributed by atoms with Gasteiger partial charge in [0.2, 0.25) is 0 Å². The van der Waals surface area contributed by atoms with Gasteiger partial charge in [0.1, 0.15) is 0 Å². The summed E-state index contributed by atoms with van der Waals surface area (Å²) in [6.07, 6.45) is 9.53. The van der Waals surface area contributed by atoms with Gasteiger partial charge < -0.3 is 0 Å². The molecule has 0 atom stereocenters. The molecule has 3 aromatic rings. The molecule has 0 saturated carbocycles. The van der Waals surface area contributed by atoms with Crippen LogP contribution in [-0.4, -0.2) is 0 Å². The molecule has 0 bridgehead atoms. The number of hydrogen-bond donors (Lipinski definition) is 0. The second-order valence-corrected chi connectivity index (χ2v) is 8.94. The minimum atomic E-state index is -0.857. The second-order valence-electron chi connectivity index (χ2n) is 8.94. The molecule has 2 heteroatoms. The molecule has 0 unspecified atom stereocenters. The summed E-state index contributed by atoms with van der Waals surface area (Å²) in [6.45, 7) is 4.34. The SMILES string of the molecule is CCCCCCc1ccc(C#Cc2ccc(C#Cc3ccc(CCCCC)cc3)cc2)c(F)c1F. The van der Waals surface area contributed by atoms with Gasteiger partial charge in [-0.3, -0.25) is 0 Å². The summed E-state index contributed by atoms with van der Waals surface area (Å²) in [6, 6.07) is 19.2. The molecular formula is C33H34F2. The number of benzene rings is 3. The van der Waals surface area contributed by atoms with Gasteiger partial charge in [-0.25, -0.2) is 8.78 Å². The van der Waals surface area contributed by atoms with E-state index in [2.05, 4.69) is 61.8 Å². The Kier molecular flexibility index (Phi) is 10.6. The van der Waals surface area contributed by atoms with Gasteiger partial charge in [0, 0.05) is 16.7 Å². The molecule has 0 spiro atoms. The van der Waals surface area contributed by atoms with Gasteiger partial charge in [0.05, 0.1) is 5.56 Å². The van der Waals surface area contributed by atoms with Crippen LogP contribution in [0.25, 0.3) is 0 Å². The molecule has 35 heavy (non-hydrogen) atoms. The molecule has 180 valence electrons. The van der Waals surface area contributed by atoms with Crippen molar-refractivity contribution in [3.8, 4) is 23.7 Å². The third-order valence-electron chi connectivity index (χ3n) is 6.06. The fraction of sp³-hybridized carbons (Fsp3) is 0.333. The monoisotopic (exact) mass is 468 g/mol. The zero-order valence-electron chi connectivity index (χ0n) is 20.9. The van der Waals surface area contributed by atoms with Gasteiger partial charge in [-0.2, -0.15) is 0 Å². The molecule has 0 aliphatic heterocycles. The molecular weight excluding hydrogens is 434 g/mol. The largest absolute Gasteiger partial charge is 0.203 e.